The van der Waals surface area contributed by atoms with Crippen LogP contribution in [0.4, 0.5) is 0 Å². The van der Waals surface area contributed by atoms with Crippen molar-refractivity contribution in [1.82, 2.24) is 4.90 Å². The Bertz CT molecular complexity index is 493. The Balaban J connectivity index is 3.01. The van der Waals surface area contributed by atoms with Gasteiger partial charge >= 0.3 is 5.97 Å². The largest absolute Gasteiger partial charge is 0.481 e. The predicted octanol–water partition coefficient (Wildman–Crippen LogP) is 3.38. The normalized spacial score (nSPS) is 12.0. The summed E-state index contributed by atoms with van der Waals surface area (Å²) in [6, 6.07) is 5.19. The van der Waals surface area contributed by atoms with Gasteiger partial charge in [0.2, 0.25) is 0 Å². The second-order valence-electron chi connectivity index (χ2n) is 4.16. The molecule has 1 unspecified atom stereocenters. The van der Waals surface area contributed by atoms with E-state index in [1.807, 2.05) is 19.1 Å². The van der Waals surface area contributed by atoms with E-state index in [0.717, 1.165) is 8.04 Å². The molecule has 6 heteroatoms. The monoisotopic (exact) mass is 439 g/mol. The van der Waals surface area contributed by atoms with Gasteiger partial charge in [-0.25, -0.2) is 0 Å². The van der Waals surface area contributed by atoms with Gasteiger partial charge in [0.25, 0.3) is 5.91 Å². The molecular formula is C13H15BrINO3. The number of halogens is 2. The van der Waals surface area contributed by atoms with Crippen molar-refractivity contribution in [2.24, 2.45) is 0 Å². The maximum atomic E-state index is 12.5. The second-order valence-corrected chi connectivity index (χ2v) is 6.26. The number of hydrogen-bond acceptors (Lipinski definition) is 2. The van der Waals surface area contributed by atoms with Crippen LogP contribution in [0.15, 0.2) is 22.7 Å². The molecule has 1 amide bonds. The molecule has 0 saturated heterocycles. The van der Waals surface area contributed by atoms with Crippen LogP contribution in [0.5, 0.6) is 0 Å². The lowest BCUT2D eigenvalue weighted by atomic mass is 10.1. The molecule has 4 nitrogen and oxygen atoms in total. The zero-order valence-corrected chi connectivity index (χ0v) is 14.4. The van der Waals surface area contributed by atoms with E-state index in [4.69, 9.17) is 5.11 Å². The Morgan fingerprint density at radius 1 is 1.47 bits per heavy atom. The second kappa shape index (κ2) is 7.23. The molecule has 0 aliphatic rings. The fraction of sp³-hybridized carbons (Fsp3) is 0.385. The van der Waals surface area contributed by atoms with Gasteiger partial charge in [-0.1, -0.05) is 0 Å². The van der Waals surface area contributed by atoms with Crippen LogP contribution in [0.1, 0.15) is 30.6 Å². The van der Waals surface area contributed by atoms with Crippen molar-refractivity contribution in [1.29, 1.82) is 0 Å². The van der Waals surface area contributed by atoms with Gasteiger partial charge in [-0.05, 0) is 70.6 Å². The summed E-state index contributed by atoms with van der Waals surface area (Å²) in [7, 11) is 0. The summed E-state index contributed by atoms with van der Waals surface area (Å²) in [5.41, 5.74) is 0.561. The van der Waals surface area contributed by atoms with Crippen molar-refractivity contribution >= 4 is 50.4 Å². The molecule has 0 heterocycles. The molecule has 1 aromatic carbocycles. The minimum atomic E-state index is -0.902. The lowest BCUT2D eigenvalue weighted by molar-refractivity contribution is -0.138. The third-order valence-electron chi connectivity index (χ3n) is 2.76. The molecule has 1 rings (SSSR count). The first kappa shape index (κ1) is 16.4. The molecule has 0 saturated carbocycles. The van der Waals surface area contributed by atoms with E-state index in [1.54, 1.807) is 17.9 Å². The SMILES string of the molecule is CCN(C(=O)c1cc(I)ccc1Br)C(C)CC(=O)O. The molecule has 0 radical (unpaired) electrons. The lowest BCUT2D eigenvalue weighted by Crippen LogP contribution is -2.39. The number of carboxylic acids is 1. The maximum Gasteiger partial charge on any atom is 0.305 e. The molecule has 0 spiro atoms. The molecular weight excluding hydrogens is 425 g/mol. The summed E-state index contributed by atoms with van der Waals surface area (Å²) in [6.07, 6.45) is -0.0544. The number of rotatable bonds is 5. The predicted molar refractivity (Wildman–Crippen MR) is 85.3 cm³/mol. The lowest BCUT2D eigenvalue weighted by Gasteiger charge is -2.27. The molecule has 0 bridgehead atoms. The molecule has 1 atom stereocenters. The van der Waals surface area contributed by atoms with Crippen LogP contribution < -0.4 is 0 Å². The minimum absolute atomic E-state index is 0.0544. The summed E-state index contributed by atoms with van der Waals surface area (Å²) >= 11 is 5.50. The number of carboxylic acid groups (broad SMARTS) is 1. The molecule has 0 aromatic heterocycles. The topological polar surface area (TPSA) is 57.6 Å². The van der Waals surface area contributed by atoms with E-state index >= 15 is 0 Å². The van der Waals surface area contributed by atoms with E-state index < -0.39 is 5.97 Å². The van der Waals surface area contributed by atoms with Crippen molar-refractivity contribution < 1.29 is 14.7 Å². The fourth-order valence-electron chi connectivity index (χ4n) is 1.83. The quantitative estimate of drug-likeness (QED) is 0.715. The van der Waals surface area contributed by atoms with Gasteiger partial charge in [-0.2, -0.15) is 0 Å². The fourth-order valence-corrected chi connectivity index (χ4v) is 2.74. The minimum Gasteiger partial charge on any atom is -0.481 e. The number of hydrogen-bond donors (Lipinski definition) is 1. The van der Waals surface area contributed by atoms with Crippen LogP contribution in [0.2, 0.25) is 0 Å². The highest BCUT2D eigenvalue weighted by Crippen LogP contribution is 2.22. The van der Waals surface area contributed by atoms with Crippen molar-refractivity contribution in [2.45, 2.75) is 26.3 Å². The zero-order chi connectivity index (χ0) is 14.6. The average Bonchev–Trinajstić information content (AvgIpc) is 2.32. The highest BCUT2D eigenvalue weighted by atomic mass is 127. The molecule has 0 aliphatic carbocycles. The van der Waals surface area contributed by atoms with Crippen molar-refractivity contribution in [3.8, 4) is 0 Å². The van der Waals surface area contributed by atoms with E-state index in [2.05, 4.69) is 38.5 Å². The summed E-state index contributed by atoms with van der Waals surface area (Å²) in [6.45, 7) is 4.07. The van der Waals surface area contributed by atoms with Gasteiger partial charge in [-0.15, -0.1) is 0 Å². The molecule has 19 heavy (non-hydrogen) atoms. The first-order chi connectivity index (χ1) is 8.86. The molecule has 0 fully saturated rings. The summed E-state index contributed by atoms with van der Waals surface area (Å²) < 4.78 is 1.69. The Morgan fingerprint density at radius 2 is 2.11 bits per heavy atom. The van der Waals surface area contributed by atoms with Crippen LogP contribution in [0, 0.1) is 3.57 Å². The van der Waals surface area contributed by atoms with E-state index in [0.29, 0.717) is 12.1 Å². The summed E-state index contributed by atoms with van der Waals surface area (Å²) in [4.78, 5) is 24.8. The smallest absolute Gasteiger partial charge is 0.305 e. The first-order valence-corrected chi connectivity index (χ1v) is 7.71. The highest BCUT2D eigenvalue weighted by molar-refractivity contribution is 14.1. The van der Waals surface area contributed by atoms with Crippen molar-refractivity contribution in [3.05, 3.63) is 31.8 Å². The number of aliphatic carboxylic acids is 1. The van der Waals surface area contributed by atoms with Gasteiger partial charge in [0.05, 0.1) is 12.0 Å². The molecule has 104 valence electrons. The van der Waals surface area contributed by atoms with E-state index in [1.165, 1.54) is 0 Å². The highest BCUT2D eigenvalue weighted by Gasteiger charge is 2.23. The standard InChI is InChI=1S/C13H15BrINO3/c1-3-16(8(2)6-12(17)18)13(19)10-7-9(15)4-5-11(10)14/h4-5,7-8H,3,6H2,1-2H3,(H,17,18). The Hall–Kier alpha value is -0.630. The molecule has 0 aliphatic heterocycles. The number of carbonyl (C=O) groups is 2. The average molecular weight is 440 g/mol. The number of amides is 1. The third-order valence-corrected chi connectivity index (χ3v) is 4.12. The molecule has 1 N–H and O–H groups in total. The van der Waals surface area contributed by atoms with Gasteiger partial charge in [0, 0.05) is 20.6 Å². The Morgan fingerprint density at radius 3 is 2.63 bits per heavy atom. The van der Waals surface area contributed by atoms with Gasteiger partial charge in [0.15, 0.2) is 0 Å². The third kappa shape index (κ3) is 4.45. The maximum absolute atomic E-state index is 12.5. The van der Waals surface area contributed by atoms with Crippen LogP contribution in [-0.4, -0.2) is 34.5 Å². The van der Waals surface area contributed by atoms with Gasteiger partial charge in [0.1, 0.15) is 0 Å². The van der Waals surface area contributed by atoms with Crippen LogP contribution in [0.3, 0.4) is 0 Å². The van der Waals surface area contributed by atoms with E-state index in [9.17, 15) is 9.59 Å². The number of carbonyl (C=O) groups excluding carboxylic acids is 1. The summed E-state index contributed by atoms with van der Waals surface area (Å²) in [5.74, 6) is -1.05. The Kier molecular flexibility index (Phi) is 6.25. The van der Waals surface area contributed by atoms with Gasteiger partial charge in [-0.3, -0.25) is 9.59 Å². The first-order valence-electron chi connectivity index (χ1n) is 5.84. The van der Waals surface area contributed by atoms with Crippen LogP contribution in [0.25, 0.3) is 0 Å². The molecule has 1 aromatic rings. The van der Waals surface area contributed by atoms with E-state index in [-0.39, 0.29) is 18.4 Å². The zero-order valence-electron chi connectivity index (χ0n) is 10.7. The Labute approximate surface area is 134 Å². The summed E-state index contributed by atoms with van der Waals surface area (Å²) in [5, 5.41) is 8.83. The van der Waals surface area contributed by atoms with Crippen LogP contribution >= 0.6 is 38.5 Å². The number of nitrogens with zero attached hydrogens (tertiary/aromatic N) is 1. The van der Waals surface area contributed by atoms with Crippen molar-refractivity contribution in [3.63, 3.8) is 0 Å². The van der Waals surface area contributed by atoms with Crippen LogP contribution in [-0.2, 0) is 4.79 Å². The van der Waals surface area contributed by atoms with Crippen molar-refractivity contribution in [2.75, 3.05) is 6.54 Å². The number of benzene rings is 1. The van der Waals surface area contributed by atoms with Gasteiger partial charge < -0.3 is 10.0 Å².